The summed E-state index contributed by atoms with van der Waals surface area (Å²) >= 11 is 1.31. The monoisotopic (exact) mass is 762 g/mol. The first-order chi connectivity index (χ1) is 23.0. The molecule has 2 aromatic carbocycles. The predicted octanol–water partition coefficient (Wildman–Crippen LogP) is 8.30. The third-order valence-corrected chi connectivity index (χ3v) is 10.4. The summed E-state index contributed by atoms with van der Waals surface area (Å²) < 4.78 is 143. The molecule has 10 nitrogen and oxygen atoms in total. The number of fused-ring (bicyclic) bond motifs is 1. The van der Waals surface area contributed by atoms with Crippen LogP contribution >= 0.6 is 30.7 Å². The molecule has 0 spiro atoms. The highest BCUT2D eigenvalue weighted by Gasteiger charge is 2.55. The molecule has 2 atom stereocenters. The number of hydrogen-bond acceptors (Lipinski definition) is 12. The molecule has 0 radical (unpaired) electrons. The van der Waals surface area contributed by atoms with E-state index in [1.807, 2.05) is 0 Å². The lowest BCUT2D eigenvalue weighted by molar-refractivity contribution is -0.111. The maximum atomic E-state index is 15.9. The first-order valence-corrected chi connectivity index (χ1v) is 17.5. The van der Waals surface area contributed by atoms with Gasteiger partial charge in [0, 0.05) is 28.9 Å². The Kier molecular flexibility index (Phi) is 12.8. The number of rotatable bonds is 14. The molecule has 1 aromatic heterocycles. The number of thiophene rings is 1. The van der Waals surface area contributed by atoms with Crippen LogP contribution in [0.15, 0.2) is 24.3 Å². The molecule has 49 heavy (non-hydrogen) atoms. The van der Waals surface area contributed by atoms with E-state index in [9.17, 15) is 40.9 Å². The molecule has 1 aliphatic rings. The molecule has 1 unspecified atom stereocenters. The predicted molar refractivity (Wildman–Crippen MR) is 160 cm³/mol. The molecular weight excluding hydrogens is 736 g/mol. The third-order valence-electron chi connectivity index (χ3n) is 6.51. The molecule has 0 amide bonds. The van der Waals surface area contributed by atoms with E-state index in [0.717, 1.165) is 36.0 Å². The van der Waals surface area contributed by atoms with E-state index in [0.29, 0.717) is 24.4 Å². The van der Waals surface area contributed by atoms with Gasteiger partial charge in [0.25, 0.3) is 0 Å². The van der Waals surface area contributed by atoms with Crippen molar-refractivity contribution in [2.24, 2.45) is 5.92 Å². The fourth-order valence-corrected chi connectivity index (χ4v) is 7.40. The molecule has 3 aromatic rings. The zero-order valence-corrected chi connectivity index (χ0v) is 27.9. The minimum atomic E-state index is -5.57. The Morgan fingerprint density at radius 1 is 1.02 bits per heavy atom. The normalized spacial score (nSPS) is 16.2. The Morgan fingerprint density at radius 3 is 2.33 bits per heavy atom. The van der Waals surface area contributed by atoms with Gasteiger partial charge >= 0.3 is 25.4 Å². The van der Waals surface area contributed by atoms with E-state index in [4.69, 9.17) is 18.5 Å². The average molecular weight is 763 g/mol. The second kappa shape index (κ2) is 16.2. The number of carbonyl (C=O) groups is 3. The molecule has 2 heterocycles. The summed E-state index contributed by atoms with van der Waals surface area (Å²) in [6.07, 6.45) is -1.41. The zero-order valence-electron chi connectivity index (χ0n) is 25.4. The molecular formula is C29H26F7O10PS2. The lowest BCUT2D eigenvalue weighted by Gasteiger charge is -2.26. The van der Waals surface area contributed by atoms with E-state index in [1.165, 1.54) is 0 Å². The van der Waals surface area contributed by atoms with Gasteiger partial charge in [-0.05, 0) is 29.5 Å². The smallest absolute Gasteiger partial charge is 0.428 e. The number of alkyl halides is 2. The van der Waals surface area contributed by atoms with Crippen molar-refractivity contribution >= 4 is 58.0 Å². The van der Waals surface area contributed by atoms with Gasteiger partial charge in [-0.15, -0.1) is 11.3 Å². The molecule has 4 rings (SSSR count). The number of ether oxygens (including phenoxy) is 4. The Morgan fingerprint density at radius 2 is 1.69 bits per heavy atom. The van der Waals surface area contributed by atoms with Gasteiger partial charge in [0.1, 0.15) is 11.0 Å². The highest BCUT2D eigenvalue weighted by molar-refractivity contribution is 8.13. The summed E-state index contributed by atoms with van der Waals surface area (Å²) in [5, 5.41) is -0.382. The molecule has 1 aliphatic heterocycles. The van der Waals surface area contributed by atoms with Crippen LogP contribution in [0.2, 0.25) is 0 Å². The lowest BCUT2D eigenvalue weighted by atomic mass is 10.1. The number of hydrogen-bond donors (Lipinski definition) is 0. The van der Waals surface area contributed by atoms with Gasteiger partial charge in [0.2, 0.25) is 41.6 Å². The molecule has 0 aliphatic carbocycles. The van der Waals surface area contributed by atoms with Crippen LogP contribution in [0.5, 0.6) is 5.75 Å². The SMILES string of the molecule is CC(C)CC(=O)SCCOP(=O)(OCOC(=O)O[C@H]1CCOC1)C(F)(F)c1ccc2sc(C(=O)Oc3c(F)c(F)c(F)c(F)c3F)cc2c1. The number of halogens is 7. The fraction of sp³-hybridized carbons (Fsp3) is 0.414. The van der Waals surface area contributed by atoms with Gasteiger partial charge in [-0.1, -0.05) is 31.7 Å². The topological polar surface area (TPSA) is 124 Å². The minimum absolute atomic E-state index is 0.0259. The van der Waals surface area contributed by atoms with E-state index >= 15 is 8.78 Å². The molecule has 20 heteroatoms. The van der Waals surface area contributed by atoms with E-state index < -0.39 is 90.2 Å². The van der Waals surface area contributed by atoms with Crippen molar-refractivity contribution in [3.63, 3.8) is 0 Å². The van der Waals surface area contributed by atoms with Crippen molar-refractivity contribution in [2.75, 3.05) is 32.4 Å². The van der Waals surface area contributed by atoms with E-state index in [-0.39, 0.29) is 39.9 Å². The second-order valence-electron chi connectivity index (χ2n) is 10.6. The minimum Gasteiger partial charge on any atom is -0.428 e. The van der Waals surface area contributed by atoms with E-state index in [2.05, 4.69) is 9.47 Å². The molecule has 0 saturated carbocycles. The maximum Gasteiger partial charge on any atom is 0.510 e. The molecule has 1 saturated heterocycles. The summed E-state index contributed by atoms with van der Waals surface area (Å²) in [4.78, 5) is 36.0. The fourth-order valence-electron chi connectivity index (χ4n) is 4.13. The Balaban J connectivity index is 1.54. The molecule has 1 fully saturated rings. The highest BCUT2D eigenvalue weighted by Crippen LogP contribution is 2.67. The lowest BCUT2D eigenvalue weighted by Crippen LogP contribution is -2.22. The summed E-state index contributed by atoms with van der Waals surface area (Å²) in [5.74, 6) is -15.6. The number of thioether (sulfide) groups is 1. The summed E-state index contributed by atoms with van der Waals surface area (Å²) in [5.41, 5.74) is -5.42. The van der Waals surface area contributed by atoms with Crippen LogP contribution in [0, 0.1) is 35.0 Å². The van der Waals surface area contributed by atoms with Crippen LogP contribution in [0.25, 0.3) is 10.1 Å². The van der Waals surface area contributed by atoms with Crippen molar-refractivity contribution in [3.05, 3.63) is 63.8 Å². The van der Waals surface area contributed by atoms with Gasteiger partial charge < -0.3 is 23.5 Å². The number of carbonyl (C=O) groups excluding carboxylic acids is 3. The maximum absolute atomic E-state index is 15.9. The number of benzene rings is 2. The molecule has 268 valence electrons. The Bertz CT molecular complexity index is 1740. The standard InChI is InChI=1S/C29H26F7O10PS2/c1-14(2)9-20(37)48-8-7-43-47(40,44-13-42-28(39)45-17-5-6-41-12-17)29(35,36)16-3-4-18-15(10-16)11-19(49-18)27(38)46-26-24(33)22(31)21(30)23(32)25(26)34/h3-4,10-11,14,17H,5-9,12-13H2,1-2H3/t17-,47?/m0/s1. The van der Waals surface area contributed by atoms with Gasteiger partial charge in [-0.25, -0.2) is 22.8 Å². The second-order valence-corrected chi connectivity index (χ2v) is 14.9. The Labute approximate surface area is 281 Å². The van der Waals surface area contributed by atoms with Crippen LogP contribution in [0.3, 0.4) is 0 Å². The number of esters is 1. The largest absolute Gasteiger partial charge is 0.510 e. The van der Waals surface area contributed by atoms with Crippen LogP contribution in [-0.2, 0) is 38.3 Å². The highest BCUT2D eigenvalue weighted by atomic mass is 32.2. The third kappa shape index (κ3) is 9.12. The summed E-state index contributed by atoms with van der Waals surface area (Å²) in [6.45, 7) is 2.07. The van der Waals surface area contributed by atoms with Crippen molar-refractivity contribution in [1.29, 1.82) is 0 Å². The van der Waals surface area contributed by atoms with Gasteiger partial charge in [-0.2, -0.15) is 17.6 Å². The van der Waals surface area contributed by atoms with E-state index in [1.54, 1.807) is 13.8 Å². The van der Waals surface area contributed by atoms with Crippen molar-refractivity contribution in [1.82, 2.24) is 0 Å². The van der Waals surface area contributed by atoms with Gasteiger partial charge in [0.05, 0.1) is 19.8 Å². The van der Waals surface area contributed by atoms with Gasteiger partial charge in [-0.3, -0.25) is 13.9 Å². The summed E-state index contributed by atoms with van der Waals surface area (Å²) in [6, 6.07) is 3.55. The van der Waals surface area contributed by atoms with Crippen LogP contribution in [0.1, 0.15) is 41.9 Å². The quantitative estimate of drug-likeness (QED) is 0.0230. The van der Waals surface area contributed by atoms with Crippen molar-refractivity contribution < 1.29 is 77.7 Å². The van der Waals surface area contributed by atoms with Crippen molar-refractivity contribution in [2.45, 2.75) is 38.5 Å². The van der Waals surface area contributed by atoms with Crippen LogP contribution < -0.4 is 4.74 Å². The average Bonchev–Trinajstić information content (AvgIpc) is 3.72. The Hall–Kier alpha value is -3.22. The zero-order chi connectivity index (χ0) is 36.1. The van der Waals surface area contributed by atoms with Crippen LogP contribution in [-0.4, -0.2) is 55.7 Å². The first-order valence-electron chi connectivity index (χ1n) is 14.2. The van der Waals surface area contributed by atoms with Gasteiger partial charge in [0.15, 0.2) is 5.12 Å². The first kappa shape index (κ1) is 38.6. The molecule has 0 N–H and O–H groups in total. The van der Waals surface area contributed by atoms with Crippen molar-refractivity contribution in [3.8, 4) is 5.75 Å². The molecule has 0 bridgehead atoms. The summed E-state index contributed by atoms with van der Waals surface area (Å²) in [7, 11) is -5.57. The van der Waals surface area contributed by atoms with Crippen LogP contribution in [0.4, 0.5) is 35.5 Å².